The van der Waals surface area contributed by atoms with Gasteiger partial charge in [0.1, 0.15) is 0 Å². The van der Waals surface area contributed by atoms with E-state index in [4.69, 9.17) is 19.2 Å². The molecule has 8 atom stereocenters. The first-order valence-electron chi connectivity index (χ1n) is 13.2. The molecule has 1 aliphatic carbocycles. The van der Waals surface area contributed by atoms with Gasteiger partial charge in [-0.25, -0.2) is 9.78 Å². The summed E-state index contributed by atoms with van der Waals surface area (Å²) in [5.41, 5.74) is -0.423. The Morgan fingerprint density at radius 3 is 2.44 bits per heavy atom. The molecule has 8 unspecified atom stereocenters. The molecule has 5 aliphatic heterocycles. The Morgan fingerprint density at radius 2 is 1.69 bits per heavy atom. The maximum Gasteiger partial charge on any atom is 0.201 e. The van der Waals surface area contributed by atoms with Gasteiger partial charge in [-0.1, -0.05) is 13.8 Å². The van der Waals surface area contributed by atoms with Crippen molar-refractivity contribution in [3.8, 4) is 0 Å². The summed E-state index contributed by atoms with van der Waals surface area (Å²) >= 11 is 0. The predicted octanol–water partition coefficient (Wildman–Crippen LogP) is 2.85. The first kappa shape index (κ1) is 23.5. The fourth-order valence-electron chi connectivity index (χ4n) is 7.33. The molecule has 7 heteroatoms. The van der Waals surface area contributed by atoms with Crippen LogP contribution in [0.1, 0.15) is 59.3 Å². The van der Waals surface area contributed by atoms with Crippen molar-refractivity contribution in [3.05, 3.63) is 0 Å². The van der Waals surface area contributed by atoms with Gasteiger partial charge in [-0.15, -0.1) is 0 Å². The molecular formula is C25H45N3O4. The Kier molecular flexibility index (Phi) is 6.89. The molecule has 184 valence electrons. The second kappa shape index (κ2) is 9.40. The van der Waals surface area contributed by atoms with E-state index in [0.717, 1.165) is 32.4 Å². The molecular weight excluding hydrogens is 406 g/mol. The van der Waals surface area contributed by atoms with E-state index in [-0.39, 0.29) is 12.4 Å². The molecule has 1 N–H and O–H groups in total. The zero-order chi connectivity index (χ0) is 22.3. The maximum atomic E-state index is 6.75. The third-order valence-corrected chi connectivity index (χ3v) is 9.40. The first-order chi connectivity index (χ1) is 15.4. The number of hydrogen-bond donors (Lipinski definition) is 1. The number of nitrogens with zero attached hydrogens (tertiary/aromatic N) is 2. The van der Waals surface area contributed by atoms with Gasteiger partial charge in [0.05, 0.1) is 6.10 Å². The lowest BCUT2D eigenvalue weighted by Crippen LogP contribution is -2.70. The summed E-state index contributed by atoms with van der Waals surface area (Å²) in [6.45, 7) is 14.9. The minimum atomic E-state index is -0.671. The van der Waals surface area contributed by atoms with Gasteiger partial charge >= 0.3 is 0 Å². The van der Waals surface area contributed by atoms with Crippen LogP contribution in [0.4, 0.5) is 0 Å². The van der Waals surface area contributed by atoms with Crippen LogP contribution < -0.4 is 5.32 Å². The fraction of sp³-hybridized carbons (Fsp3) is 1.00. The number of hydrogen-bond acceptors (Lipinski definition) is 7. The summed E-state index contributed by atoms with van der Waals surface area (Å²) in [6, 6.07) is 0. The molecule has 0 aromatic carbocycles. The van der Waals surface area contributed by atoms with E-state index in [1.54, 1.807) is 0 Å². The molecule has 7 nitrogen and oxygen atoms in total. The quantitative estimate of drug-likeness (QED) is 0.598. The van der Waals surface area contributed by atoms with Gasteiger partial charge in [0.15, 0.2) is 11.9 Å². The fourth-order valence-corrected chi connectivity index (χ4v) is 7.33. The number of fused-ring (bicyclic) bond motifs is 2. The summed E-state index contributed by atoms with van der Waals surface area (Å²) in [4.78, 5) is 17.4. The van der Waals surface area contributed by atoms with Crippen molar-refractivity contribution >= 4 is 0 Å². The smallest absolute Gasteiger partial charge is 0.201 e. The minimum Gasteiger partial charge on any atom is -0.346 e. The monoisotopic (exact) mass is 451 g/mol. The Labute approximate surface area is 194 Å². The first-order valence-corrected chi connectivity index (χ1v) is 13.2. The second-order valence-corrected chi connectivity index (χ2v) is 11.4. The van der Waals surface area contributed by atoms with Crippen LogP contribution in [0.15, 0.2) is 0 Å². The zero-order valence-electron chi connectivity index (χ0n) is 20.7. The zero-order valence-corrected chi connectivity index (χ0v) is 20.7. The molecule has 6 fully saturated rings. The highest BCUT2D eigenvalue weighted by atomic mass is 17.3. The van der Waals surface area contributed by atoms with Crippen molar-refractivity contribution < 1.29 is 19.2 Å². The van der Waals surface area contributed by atoms with Crippen molar-refractivity contribution in [2.24, 2.45) is 23.7 Å². The number of piperazine rings is 1. The van der Waals surface area contributed by atoms with E-state index >= 15 is 0 Å². The van der Waals surface area contributed by atoms with E-state index in [1.807, 2.05) is 14.0 Å². The highest BCUT2D eigenvalue weighted by molar-refractivity contribution is 5.09. The van der Waals surface area contributed by atoms with Crippen molar-refractivity contribution in [2.75, 3.05) is 52.9 Å². The van der Waals surface area contributed by atoms with Gasteiger partial charge in [0.25, 0.3) is 0 Å². The van der Waals surface area contributed by atoms with Crippen LogP contribution in [0.5, 0.6) is 0 Å². The maximum absolute atomic E-state index is 6.75. The van der Waals surface area contributed by atoms with Crippen LogP contribution in [0.25, 0.3) is 0 Å². The number of likely N-dealkylation sites (N-methyl/N-ethyl adjacent to an activating group) is 1. The van der Waals surface area contributed by atoms with Crippen LogP contribution >= 0.6 is 0 Å². The van der Waals surface area contributed by atoms with Crippen LogP contribution in [-0.4, -0.2) is 86.4 Å². The van der Waals surface area contributed by atoms with Crippen LogP contribution in [-0.2, 0) is 19.2 Å². The summed E-state index contributed by atoms with van der Waals surface area (Å²) < 4.78 is 13.3. The van der Waals surface area contributed by atoms with Gasteiger partial charge in [-0.3, -0.25) is 4.90 Å². The third kappa shape index (κ3) is 4.16. The van der Waals surface area contributed by atoms with Crippen molar-refractivity contribution in [1.82, 2.24) is 15.1 Å². The van der Waals surface area contributed by atoms with Gasteiger partial charge in [0, 0.05) is 51.6 Å². The minimum absolute atomic E-state index is 0.244. The van der Waals surface area contributed by atoms with Gasteiger partial charge in [-0.2, -0.15) is 0 Å². The topological polar surface area (TPSA) is 55.4 Å². The summed E-state index contributed by atoms with van der Waals surface area (Å²) in [5, 5.41) is 3.26. The predicted molar refractivity (Wildman–Crippen MR) is 123 cm³/mol. The molecule has 0 amide bonds. The van der Waals surface area contributed by atoms with Gasteiger partial charge < -0.3 is 19.7 Å². The Balaban J connectivity index is 1.19. The largest absolute Gasteiger partial charge is 0.346 e. The van der Waals surface area contributed by atoms with E-state index in [0.29, 0.717) is 23.7 Å². The van der Waals surface area contributed by atoms with Crippen LogP contribution in [0.3, 0.4) is 0 Å². The van der Waals surface area contributed by atoms with E-state index in [2.05, 4.69) is 29.0 Å². The molecule has 0 radical (unpaired) electrons. The molecule has 5 saturated heterocycles. The van der Waals surface area contributed by atoms with E-state index in [9.17, 15) is 0 Å². The van der Waals surface area contributed by atoms with Gasteiger partial charge in [-0.05, 0) is 70.4 Å². The Morgan fingerprint density at radius 1 is 0.938 bits per heavy atom. The number of nitrogens with one attached hydrogen (secondary N) is 1. The van der Waals surface area contributed by atoms with Gasteiger partial charge in [0.2, 0.25) is 5.79 Å². The van der Waals surface area contributed by atoms with Crippen LogP contribution in [0.2, 0.25) is 0 Å². The molecule has 6 aliphatic rings. The Hall–Kier alpha value is -0.280. The van der Waals surface area contributed by atoms with Crippen LogP contribution in [0, 0.1) is 23.7 Å². The molecule has 5 heterocycles. The molecule has 32 heavy (non-hydrogen) atoms. The molecule has 1 spiro atoms. The lowest BCUT2D eigenvalue weighted by atomic mass is 9.57. The molecule has 0 aromatic rings. The molecule has 6 rings (SSSR count). The summed E-state index contributed by atoms with van der Waals surface area (Å²) in [6.07, 6.45) is 6.69. The Bertz CT molecular complexity index is 645. The molecule has 2 bridgehead atoms. The normalized spacial score (nSPS) is 47.2. The molecule has 1 saturated carbocycles. The number of rotatable bonds is 7. The highest BCUT2D eigenvalue weighted by Gasteiger charge is 2.69. The van der Waals surface area contributed by atoms with Crippen molar-refractivity contribution in [2.45, 2.75) is 83.1 Å². The third-order valence-electron chi connectivity index (χ3n) is 9.40. The molecule has 0 aromatic heterocycles. The highest BCUT2D eigenvalue weighted by Crippen LogP contribution is 2.60. The second-order valence-electron chi connectivity index (χ2n) is 11.4. The van der Waals surface area contributed by atoms with Crippen molar-refractivity contribution in [3.63, 3.8) is 0 Å². The lowest BCUT2D eigenvalue weighted by Gasteiger charge is -2.60. The summed E-state index contributed by atoms with van der Waals surface area (Å²) in [7, 11) is 2.03. The van der Waals surface area contributed by atoms with Crippen molar-refractivity contribution in [1.29, 1.82) is 0 Å². The SMILES string of the molecule is CNCCN1CCN(CCCC2OC3OC4(C)CCC5C(C)CCC(C2C)C35OO4)CC1. The standard InChI is InChI=1S/C25H45N3O4/c1-18-7-8-21-19(2)22(6-5-12-27-14-16-28(17-15-27)13-11-26-4)29-23-25(21)20(18)9-10-24(3,30-23)31-32-25/h18-23,26H,5-17H2,1-4H3. The number of ether oxygens (including phenoxy) is 2. The average molecular weight is 452 g/mol. The van der Waals surface area contributed by atoms with E-state index < -0.39 is 11.4 Å². The lowest BCUT2D eigenvalue weighted by molar-refractivity contribution is -0.571. The average Bonchev–Trinajstić information content (AvgIpc) is 3.02. The van der Waals surface area contributed by atoms with E-state index in [1.165, 1.54) is 52.0 Å². The summed E-state index contributed by atoms with van der Waals surface area (Å²) in [5.74, 6) is 1.33.